The third-order valence-electron chi connectivity index (χ3n) is 2.76. The van der Waals surface area contributed by atoms with Gasteiger partial charge in [-0.1, -0.05) is 15.9 Å². The molecule has 0 N–H and O–H groups in total. The first-order chi connectivity index (χ1) is 10.0. The van der Waals surface area contributed by atoms with E-state index in [-0.39, 0.29) is 17.7 Å². The van der Waals surface area contributed by atoms with Crippen LogP contribution in [0.25, 0.3) is 0 Å². The summed E-state index contributed by atoms with van der Waals surface area (Å²) in [7, 11) is 0. The first kappa shape index (κ1) is 15.4. The number of hydrogen-bond donors (Lipinski definition) is 0. The number of nitrogens with zero attached hydrogens (tertiary/aromatic N) is 1. The van der Waals surface area contributed by atoms with E-state index in [0.717, 1.165) is 18.2 Å². The van der Waals surface area contributed by atoms with Gasteiger partial charge in [-0.3, -0.25) is 0 Å². The standard InChI is InChI=1S/C15H9BrF3NO/c16-6-10-4-13(18)15(14(19)5-10)21-8-11-3-9(7-20)1-2-12(11)17/h1-5H,6,8H2. The van der Waals surface area contributed by atoms with Gasteiger partial charge in [-0.2, -0.15) is 5.26 Å². The van der Waals surface area contributed by atoms with Crippen molar-refractivity contribution in [1.82, 2.24) is 0 Å². The topological polar surface area (TPSA) is 33.0 Å². The summed E-state index contributed by atoms with van der Waals surface area (Å²) < 4.78 is 46.0. The highest BCUT2D eigenvalue weighted by Gasteiger charge is 2.14. The monoisotopic (exact) mass is 355 g/mol. The lowest BCUT2D eigenvalue weighted by Crippen LogP contribution is -2.03. The molecule has 2 nitrogen and oxygen atoms in total. The van der Waals surface area contributed by atoms with Gasteiger partial charge < -0.3 is 4.74 Å². The van der Waals surface area contributed by atoms with Crippen LogP contribution in [-0.2, 0) is 11.9 Å². The van der Waals surface area contributed by atoms with Crippen LogP contribution in [0.15, 0.2) is 30.3 Å². The number of benzene rings is 2. The molecular formula is C15H9BrF3NO. The zero-order chi connectivity index (χ0) is 15.4. The van der Waals surface area contributed by atoms with Crippen molar-refractivity contribution in [3.05, 3.63) is 64.5 Å². The summed E-state index contributed by atoms with van der Waals surface area (Å²) >= 11 is 3.10. The maximum atomic E-state index is 13.7. The molecule has 0 unspecified atom stereocenters. The molecule has 2 aromatic rings. The van der Waals surface area contributed by atoms with Crippen molar-refractivity contribution in [3.63, 3.8) is 0 Å². The Balaban J connectivity index is 2.23. The summed E-state index contributed by atoms with van der Waals surface area (Å²) in [5, 5.41) is 9.05. The Bertz CT molecular complexity index is 690. The van der Waals surface area contributed by atoms with Crippen LogP contribution in [-0.4, -0.2) is 0 Å². The number of ether oxygens (including phenoxy) is 1. The minimum atomic E-state index is -0.860. The summed E-state index contributed by atoms with van der Waals surface area (Å²) in [6.45, 7) is -0.372. The first-order valence-electron chi connectivity index (χ1n) is 5.90. The molecule has 0 amide bonds. The molecule has 0 saturated heterocycles. The summed E-state index contributed by atoms with van der Waals surface area (Å²) in [6.07, 6.45) is 0. The summed E-state index contributed by atoms with van der Waals surface area (Å²) in [4.78, 5) is 0. The quantitative estimate of drug-likeness (QED) is 0.759. The van der Waals surface area contributed by atoms with Crippen LogP contribution in [0.3, 0.4) is 0 Å². The van der Waals surface area contributed by atoms with E-state index in [9.17, 15) is 13.2 Å². The maximum absolute atomic E-state index is 13.7. The summed E-state index contributed by atoms with van der Waals surface area (Å²) in [5.41, 5.74) is 0.720. The second-order valence-corrected chi connectivity index (χ2v) is 4.79. The number of halogens is 4. The van der Waals surface area contributed by atoms with E-state index in [0.29, 0.717) is 10.9 Å². The fourth-order valence-electron chi connectivity index (χ4n) is 1.73. The summed E-state index contributed by atoms with van der Waals surface area (Å²) in [6, 6.07) is 7.82. The number of nitriles is 1. The Morgan fingerprint density at radius 3 is 2.29 bits per heavy atom. The predicted molar refractivity (Wildman–Crippen MR) is 74.4 cm³/mol. The van der Waals surface area contributed by atoms with E-state index in [1.807, 2.05) is 6.07 Å². The van der Waals surface area contributed by atoms with Crippen LogP contribution in [0.5, 0.6) is 5.75 Å². The van der Waals surface area contributed by atoms with Crippen LogP contribution < -0.4 is 4.74 Å². The van der Waals surface area contributed by atoms with Crippen molar-refractivity contribution in [2.75, 3.05) is 0 Å². The molecule has 2 aromatic carbocycles. The highest BCUT2D eigenvalue weighted by molar-refractivity contribution is 9.08. The highest BCUT2D eigenvalue weighted by atomic mass is 79.9. The van der Waals surface area contributed by atoms with Crippen LogP contribution in [0.1, 0.15) is 16.7 Å². The number of hydrogen-bond acceptors (Lipinski definition) is 2. The van der Waals surface area contributed by atoms with Crippen molar-refractivity contribution < 1.29 is 17.9 Å². The molecule has 0 atom stereocenters. The van der Waals surface area contributed by atoms with Crippen LogP contribution in [0.4, 0.5) is 13.2 Å². The van der Waals surface area contributed by atoms with Gasteiger partial charge in [-0.25, -0.2) is 13.2 Å². The third kappa shape index (κ3) is 3.56. The Hall–Kier alpha value is -2.00. The number of alkyl halides is 1. The van der Waals surface area contributed by atoms with Crippen LogP contribution in [0, 0.1) is 28.8 Å². The van der Waals surface area contributed by atoms with Crippen molar-refractivity contribution in [2.24, 2.45) is 0 Å². The molecule has 21 heavy (non-hydrogen) atoms. The molecule has 0 heterocycles. The largest absolute Gasteiger partial charge is 0.483 e. The zero-order valence-electron chi connectivity index (χ0n) is 10.7. The van der Waals surface area contributed by atoms with Gasteiger partial charge in [0.05, 0.1) is 11.6 Å². The van der Waals surface area contributed by atoms with Crippen molar-refractivity contribution in [2.45, 2.75) is 11.9 Å². The fourth-order valence-corrected chi connectivity index (χ4v) is 2.06. The lowest BCUT2D eigenvalue weighted by molar-refractivity contribution is 0.269. The van der Waals surface area contributed by atoms with E-state index in [1.54, 1.807) is 0 Å². The van der Waals surface area contributed by atoms with Gasteiger partial charge in [0.1, 0.15) is 12.4 Å². The zero-order valence-corrected chi connectivity index (χ0v) is 12.3. The Labute approximate surface area is 127 Å². The molecule has 108 valence electrons. The van der Waals surface area contributed by atoms with Crippen LogP contribution in [0.2, 0.25) is 0 Å². The molecule has 0 aromatic heterocycles. The molecule has 0 bridgehead atoms. The smallest absolute Gasteiger partial charge is 0.191 e. The van der Waals surface area contributed by atoms with E-state index in [2.05, 4.69) is 15.9 Å². The number of rotatable bonds is 4. The normalized spacial score (nSPS) is 10.2. The highest BCUT2D eigenvalue weighted by Crippen LogP contribution is 2.25. The van der Waals surface area contributed by atoms with Gasteiger partial charge in [0, 0.05) is 10.9 Å². The third-order valence-corrected chi connectivity index (χ3v) is 3.41. The summed E-state index contributed by atoms with van der Waals surface area (Å²) in [5.74, 6) is -2.89. The lowest BCUT2D eigenvalue weighted by atomic mass is 10.1. The van der Waals surface area contributed by atoms with Crippen molar-refractivity contribution >= 4 is 15.9 Å². The van der Waals surface area contributed by atoms with Gasteiger partial charge in [-0.05, 0) is 35.9 Å². The average Bonchev–Trinajstić information content (AvgIpc) is 2.47. The van der Waals surface area contributed by atoms with E-state index >= 15 is 0 Å². The van der Waals surface area contributed by atoms with Crippen molar-refractivity contribution in [3.8, 4) is 11.8 Å². The minimum Gasteiger partial charge on any atom is -0.483 e. The van der Waals surface area contributed by atoms with Crippen molar-refractivity contribution in [1.29, 1.82) is 5.26 Å². The molecular weight excluding hydrogens is 347 g/mol. The van der Waals surface area contributed by atoms with E-state index in [1.165, 1.54) is 12.1 Å². The van der Waals surface area contributed by atoms with Gasteiger partial charge in [0.15, 0.2) is 17.4 Å². The lowest BCUT2D eigenvalue weighted by Gasteiger charge is -2.10. The van der Waals surface area contributed by atoms with E-state index in [4.69, 9.17) is 10.00 Å². The van der Waals surface area contributed by atoms with Gasteiger partial charge in [0.2, 0.25) is 0 Å². The molecule has 2 rings (SSSR count). The molecule has 0 spiro atoms. The Morgan fingerprint density at radius 1 is 1.05 bits per heavy atom. The minimum absolute atomic E-state index is 0.0532. The molecule has 0 aliphatic carbocycles. The first-order valence-corrected chi connectivity index (χ1v) is 7.02. The molecule has 0 aliphatic heterocycles. The molecule has 0 saturated carbocycles. The second kappa shape index (κ2) is 6.64. The molecule has 0 radical (unpaired) electrons. The predicted octanol–water partition coefficient (Wildman–Crippen LogP) is 4.45. The van der Waals surface area contributed by atoms with E-state index < -0.39 is 23.2 Å². The Kier molecular flexibility index (Phi) is 4.86. The molecule has 6 heteroatoms. The molecule has 0 fully saturated rings. The van der Waals surface area contributed by atoms with Gasteiger partial charge in [0.25, 0.3) is 0 Å². The fraction of sp³-hybridized carbons (Fsp3) is 0.133. The van der Waals surface area contributed by atoms with Crippen LogP contribution >= 0.6 is 15.9 Å². The SMILES string of the molecule is N#Cc1ccc(F)c(COc2c(F)cc(CBr)cc2F)c1. The average molecular weight is 356 g/mol. The Morgan fingerprint density at radius 2 is 1.71 bits per heavy atom. The van der Waals surface area contributed by atoms with Gasteiger partial charge in [-0.15, -0.1) is 0 Å². The second-order valence-electron chi connectivity index (χ2n) is 4.23. The maximum Gasteiger partial charge on any atom is 0.191 e. The molecule has 0 aliphatic rings. The van der Waals surface area contributed by atoms with Gasteiger partial charge >= 0.3 is 0 Å².